The highest BCUT2D eigenvalue weighted by atomic mass is 19.1. The number of benzene rings is 2. The van der Waals surface area contributed by atoms with Crippen molar-refractivity contribution in [3.05, 3.63) is 59.2 Å². The van der Waals surface area contributed by atoms with Gasteiger partial charge in [-0.25, -0.2) is 8.78 Å². The normalized spacial score (nSPS) is 23.1. The van der Waals surface area contributed by atoms with Gasteiger partial charge in [-0.15, -0.1) is 0 Å². The summed E-state index contributed by atoms with van der Waals surface area (Å²) in [5.74, 6) is 0.887. The molecule has 2 aromatic carbocycles. The number of rotatable bonds is 9. The minimum Gasteiger partial charge on any atom is -0.454 e. The molecule has 2 fully saturated rings. The van der Waals surface area contributed by atoms with Crippen LogP contribution in [0.1, 0.15) is 81.1 Å². The molecular formula is C31H40F2N2O2. The molecule has 200 valence electrons. The number of amides is 1. The third-order valence-electron chi connectivity index (χ3n) is 8.52. The Morgan fingerprint density at radius 2 is 1.76 bits per heavy atom. The molecule has 1 amide bonds. The summed E-state index contributed by atoms with van der Waals surface area (Å²) in [6.07, 6.45) is 10.5. The van der Waals surface area contributed by atoms with Gasteiger partial charge in [-0.1, -0.05) is 19.9 Å². The lowest BCUT2D eigenvalue weighted by atomic mass is 9.80. The van der Waals surface area contributed by atoms with Crippen molar-refractivity contribution in [3.63, 3.8) is 0 Å². The number of ether oxygens (including phenoxy) is 1. The second-order valence-corrected chi connectivity index (χ2v) is 11.7. The van der Waals surface area contributed by atoms with Gasteiger partial charge in [0.2, 0.25) is 0 Å². The number of aryl methyl sites for hydroxylation is 1. The Morgan fingerprint density at radius 1 is 1.00 bits per heavy atom. The van der Waals surface area contributed by atoms with Crippen LogP contribution in [0, 0.1) is 29.4 Å². The van der Waals surface area contributed by atoms with E-state index in [1.165, 1.54) is 57.2 Å². The van der Waals surface area contributed by atoms with E-state index >= 15 is 0 Å². The molecule has 37 heavy (non-hydrogen) atoms. The van der Waals surface area contributed by atoms with E-state index in [1.54, 1.807) is 12.1 Å². The van der Waals surface area contributed by atoms with Crippen molar-refractivity contribution in [1.82, 2.24) is 10.2 Å². The van der Waals surface area contributed by atoms with E-state index in [0.29, 0.717) is 29.2 Å². The molecule has 0 saturated heterocycles. The molecule has 6 heteroatoms. The molecule has 1 aliphatic heterocycles. The predicted octanol–water partition coefficient (Wildman–Crippen LogP) is 7.12. The Balaban J connectivity index is 1.27. The quantitative estimate of drug-likeness (QED) is 0.391. The van der Waals surface area contributed by atoms with Crippen molar-refractivity contribution in [2.24, 2.45) is 17.8 Å². The van der Waals surface area contributed by atoms with Gasteiger partial charge in [0.25, 0.3) is 5.91 Å². The summed E-state index contributed by atoms with van der Waals surface area (Å²) in [7, 11) is 0. The number of nitrogens with zero attached hydrogens (tertiary/aromatic N) is 1. The molecule has 1 N–H and O–H groups in total. The van der Waals surface area contributed by atoms with E-state index < -0.39 is 11.6 Å². The van der Waals surface area contributed by atoms with Crippen molar-refractivity contribution < 1.29 is 18.3 Å². The molecule has 2 saturated carbocycles. The highest BCUT2D eigenvalue weighted by Gasteiger charge is 2.33. The highest BCUT2D eigenvalue weighted by Crippen LogP contribution is 2.35. The Morgan fingerprint density at radius 3 is 2.46 bits per heavy atom. The molecular weight excluding hydrogens is 470 g/mol. The van der Waals surface area contributed by atoms with E-state index in [2.05, 4.69) is 24.1 Å². The molecule has 0 radical (unpaired) electrons. The third-order valence-corrected chi connectivity index (χ3v) is 8.52. The number of carbonyl (C=O) groups excluding carboxylic acids is 1. The molecule has 1 atom stereocenters. The number of hydrogen-bond acceptors (Lipinski definition) is 3. The first kappa shape index (κ1) is 26.1. The number of halogens is 2. The van der Waals surface area contributed by atoms with Gasteiger partial charge in [0.1, 0.15) is 11.6 Å². The Bertz CT molecular complexity index is 1090. The third kappa shape index (κ3) is 6.51. The van der Waals surface area contributed by atoms with E-state index in [-0.39, 0.29) is 17.7 Å². The second-order valence-electron chi connectivity index (χ2n) is 11.7. The van der Waals surface area contributed by atoms with Gasteiger partial charge in [0, 0.05) is 30.3 Å². The fourth-order valence-corrected chi connectivity index (χ4v) is 6.09. The number of carbonyl (C=O) groups is 1. The highest BCUT2D eigenvalue weighted by molar-refractivity contribution is 5.96. The van der Waals surface area contributed by atoms with Crippen LogP contribution in [0.5, 0.6) is 11.5 Å². The molecule has 5 rings (SSSR count). The second kappa shape index (κ2) is 11.5. The topological polar surface area (TPSA) is 41.6 Å². The summed E-state index contributed by atoms with van der Waals surface area (Å²) in [5, 5.41) is 3.78. The van der Waals surface area contributed by atoms with Gasteiger partial charge in [0.05, 0.1) is 0 Å². The molecule has 0 unspecified atom stereocenters. The lowest BCUT2D eigenvalue weighted by Gasteiger charge is -2.38. The first-order valence-electron chi connectivity index (χ1n) is 14.2. The summed E-state index contributed by atoms with van der Waals surface area (Å²) in [5.41, 5.74) is 1.64. The molecule has 3 aliphatic rings. The van der Waals surface area contributed by atoms with Crippen LogP contribution in [-0.2, 0) is 6.42 Å². The predicted molar refractivity (Wildman–Crippen MR) is 142 cm³/mol. The van der Waals surface area contributed by atoms with Crippen LogP contribution in [0.4, 0.5) is 8.78 Å². The molecule has 0 aromatic heterocycles. The molecule has 2 aromatic rings. The maximum absolute atomic E-state index is 14.2. The number of nitrogens with one attached hydrogen (secondary N) is 1. The minimum absolute atomic E-state index is 0.0380. The van der Waals surface area contributed by atoms with Crippen LogP contribution in [0.2, 0.25) is 0 Å². The Hall–Kier alpha value is -2.47. The standard InChI is InChI=1S/C31H40F2N2O2/c1-20(2)29(16-21-7-11-25(12-8-21)34-19-22-5-6-22)35-15-3-4-23-9-13-26(18-27(23)31(35)36)37-30-14-10-24(32)17-28(30)33/h9-10,13-14,17-18,20-22,25,29,34H,3-8,11-12,15-16,19H2,1-2H3/t21?,25?,29-/m0/s1. The van der Waals surface area contributed by atoms with Gasteiger partial charge in [-0.2, -0.15) is 0 Å². The van der Waals surface area contributed by atoms with Gasteiger partial charge >= 0.3 is 0 Å². The number of fused-ring (bicyclic) bond motifs is 1. The van der Waals surface area contributed by atoms with Crippen molar-refractivity contribution >= 4 is 5.91 Å². The fraction of sp³-hybridized carbons (Fsp3) is 0.581. The van der Waals surface area contributed by atoms with Crippen LogP contribution in [0.3, 0.4) is 0 Å². The van der Waals surface area contributed by atoms with E-state index in [4.69, 9.17) is 4.74 Å². The van der Waals surface area contributed by atoms with Crippen LogP contribution >= 0.6 is 0 Å². The number of hydrogen-bond donors (Lipinski definition) is 1. The van der Waals surface area contributed by atoms with Crippen molar-refractivity contribution in [2.45, 2.75) is 83.7 Å². The molecule has 1 heterocycles. The summed E-state index contributed by atoms with van der Waals surface area (Å²) in [6.45, 7) is 6.38. The lowest BCUT2D eigenvalue weighted by Crippen LogP contribution is -2.45. The van der Waals surface area contributed by atoms with Crippen molar-refractivity contribution in [3.8, 4) is 11.5 Å². The van der Waals surface area contributed by atoms with Crippen molar-refractivity contribution in [1.29, 1.82) is 0 Å². The smallest absolute Gasteiger partial charge is 0.254 e. The van der Waals surface area contributed by atoms with Gasteiger partial charge < -0.3 is 15.0 Å². The van der Waals surface area contributed by atoms with Crippen LogP contribution in [0.25, 0.3) is 0 Å². The van der Waals surface area contributed by atoms with E-state index in [1.807, 2.05) is 6.07 Å². The first-order chi connectivity index (χ1) is 17.9. The maximum atomic E-state index is 14.2. The van der Waals surface area contributed by atoms with Crippen molar-refractivity contribution in [2.75, 3.05) is 13.1 Å². The summed E-state index contributed by atoms with van der Waals surface area (Å²) >= 11 is 0. The lowest BCUT2D eigenvalue weighted by molar-refractivity contribution is 0.0575. The Kier molecular flexibility index (Phi) is 8.13. The van der Waals surface area contributed by atoms with Crippen LogP contribution in [0.15, 0.2) is 36.4 Å². The first-order valence-corrected chi connectivity index (χ1v) is 14.2. The zero-order valence-corrected chi connectivity index (χ0v) is 22.1. The van der Waals surface area contributed by atoms with Gasteiger partial charge in [-0.3, -0.25) is 4.79 Å². The molecule has 0 bridgehead atoms. The van der Waals surface area contributed by atoms with Gasteiger partial charge in [0.15, 0.2) is 11.6 Å². The van der Waals surface area contributed by atoms with Crippen LogP contribution < -0.4 is 10.1 Å². The Labute approximate surface area is 219 Å². The minimum atomic E-state index is -0.764. The zero-order valence-electron chi connectivity index (χ0n) is 22.1. The molecule has 4 nitrogen and oxygen atoms in total. The largest absolute Gasteiger partial charge is 0.454 e. The monoisotopic (exact) mass is 510 g/mol. The van der Waals surface area contributed by atoms with E-state index in [0.717, 1.165) is 43.4 Å². The fourth-order valence-electron chi connectivity index (χ4n) is 6.09. The molecule has 2 aliphatic carbocycles. The summed E-state index contributed by atoms with van der Waals surface area (Å²) in [4.78, 5) is 16.0. The zero-order chi connectivity index (χ0) is 25.9. The van der Waals surface area contributed by atoms with Crippen LogP contribution in [-0.4, -0.2) is 36.0 Å². The summed E-state index contributed by atoms with van der Waals surface area (Å²) < 4.78 is 33.2. The average Bonchev–Trinajstić information content (AvgIpc) is 3.72. The van der Waals surface area contributed by atoms with Gasteiger partial charge in [-0.05, 0) is 112 Å². The average molecular weight is 511 g/mol. The molecule has 0 spiro atoms. The summed E-state index contributed by atoms with van der Waals surface area (Å²) in [6, 6.07) is 9.49. The SMILES string of the molecule is CC(C)[C@H](CC1CCC(NCC2CC2)CC1)N1CCCc2ccc(Oc3ccc(F)cc3F)cc2C1=O. The van der Waals surface area contributed by atoms with E-state index in [9.17, 15) is 13.6 Å². The maximum Gasteiger partial charge on any atom is 0.254 e.